The van der Waals surface area contributed by atoms with Crippen molar-refractivity contribution in [2.75, 3.05) is 6.26 Å². The van der Waals surface area contributed by atoms with Gasteiger partial charge in [0.2, 0.25) is 0 Å². The molecule has 0 spiro atoms. The van der Waals surface area contributed by atoms with E-state index in [1.54, 1.807) is 35.0 Å². The van der Waals surface area contributed by atoms with Gasteiger partial charge in [-0.1, -0.05) is 12.6 Å². The standard InChI is InChI=1S/C14H14N4O2S/c1-10(21-2)16-14(6-8-15)17-9-7-11-12(17)4-3-5-13(11)18(19)20/h3-9H,1,15H2,2H3/b8-6-,16-14?. The average Bonchev–Trinajstić information content (AvgIpc) is 2.90. The maximum absolute atomic E-state index is 11.1. The molecule has 108 valence electrons. The Balaban J connectivity index is 2.65. The lowest BCUT2D eigenvalue weighted by Gasteiger charge is -2.06. The van der Waals surface area contributed by atoms with Gasteiger partial charge in [-0.15, -0.1) is 11.8 Å². The minimum Gasteiger partial charge on any atom is -0.404 e. The number of nitro groups is 1. The summed E-state index contributed by atoms with van der Waals surface area (Å²) < 4.78 is 1.74. The molecular weight excluding hydrogens is 288 g/mol. The highest BCUT2D eigenvalue weighted by molar-refractivity contribution is 8.02. The summed E-state index contributed by atoms with van der Waals surface area (Å²) in [6.45, 7) is 3.81. The average molecular weight is 302 g/mol. The fourth-order valence-electron chi connectivity index (χ4n) is 1.94. The first kappa shape index (κ1) is 14.9. The van der Waals surface area contributed by atoms with E-state index in [0.717, 1.165) is 0 Å². The van der Waals surface area contributed by atoms with Crippen LogP contribution in [0.4, 0.5) is 5.69 Å². The summed E-state index contributed by atoms with van der Waals surface area (Å²) in [5, 5.41) is 12.2. The molecule has 2 aromatic rings. The number of allylic oxidation sites excluding steroid dienone is 1. The van der Waals surface area contributed by atoms with Gasteiger partial charge in [0.05, 0.1) is 20.9 Å². The zero-order valence-electron chi connectivity index (χ0n) is 11.4. The zero-order chi connectivity index (χ0) is 15.4. The van der Waals surface area contributed by atoms with Crippen LogP contribution in [0.2, 0.25) is 0 Å². The molecule has 0 atom stereocenters. The number of aliphatic imine (C=N–C) groups is 1. The van der Waals surface area contributed by atoms with E-state index in [4.69, 9.17) is 5.73 Å². The number of aromatic nitrogens is 1. The lowest BCUT2D eigenvalue weighted by Crippen LogP contribution is -2.08. The molecule has 0 aliphatic heterocycles. The third kappa shape index (κ3) is 2.97. The number of nitrogens with zero attached hydrogens (tertiary/aromatic N) is 3. The topological polar surface area (TPSA) is 86.4 Å². The Morgan fingerprint density at radius 3 is 2.90 bits per heavy atom. The summed E-state index contributed by atoms with van der Waals surface area (Å²) in [7, 11) is 0. The summed E-state index contributed by atoms with van der Waals surface area (Å²) in [5.41, 5.74) is 6.21. The van der Waals surface area contributed by atoms with Crippen LogP contribution < -0.4 is 5.73 Å². The van der Waals surface area contributed by atoms with Gasteiger partial charge in [0.1, 0.15) is 5.84 Å². The number of rotatable bonds is 4. The van der Waals surface area contributed by atoms with Crippen LogP contribution in [0.15, 0.2) is 59.3 Å². The molecule has 2 rings (SSSR count). The van der Waals surface area contributed by atoms with Crippen molar-refractivity contribution in [2.24, 2.45) is 10.7 Å². The van der Waals surface area contributed by atoms with Crippen molar-refractivity contribution in [1.29, 1.82) is 0 Å². The number of nitrogens with two attached hydrogens (primary N) is 1. The van der Waals surface area contributed by atoms with E-state index in [9.17, 15) is 10.1 Å². The smallest absolute Gasteiger partial charge is 0.278 e. The number of fused-ring (bicyclic) bond motifs is 1. The Labute approximate surface area is 125 Å². The molecule has 0 aliphatic carbocycles. The summed E-state index contributed by atoms with van der Waals surface area (Å²) in [4.78, 5) is 15.0. The van der Waals surface area contributed by atoms with Gasteiger partial charge >= 0.3 is 0 Å². The van der Waals surface area contributed by atoms with Gasteiger partial charge < -0.3 is 10.3 Å². The molecule has 21 heavy (non-hydrogen) atoms. The van der Waals surface area contributed by atoms with E-state index >= 15 is 0 Å². The Hall–Kier alpha value is -2.54. The van der Waals surface area contributed by atoms with E-state index in [0.29, 0.717) is 21.8 Å². The fourth-order valence-corrected chi connectivity index (χ4v) is 2.13. The number of benzene rings is 1. The van der Waals surface area contributed by atoms with Gasteiger partial charge in [0, 0.05) is 12.3 Å². The first-order valence-electron chi connectivity index (χ1n) is 6.03. The molecule has 0 fully saturated rings. The van der Waals surface area contributed by atoms with Crippen LogP contribution in [0, 0.1) is 10.1 Å². The third-order valence-electron chi connectivity index (χ3n) is 2.87. The predicted molar refractivity (Wildman–Crippen MR) is 87.4 cm³/mol. The number of nitro benzene ring substituents is 1. The van der Waals surface area contributed by atoms with Crippen LogP contribution >= 0.6 is 11.8 Å². The minimum atomic E-state index is -0.400. The molecule has 6 nitrogen and oxygen atoms in total. The van der Waals surface area contributed by atoms with Crippen LogP contribution in [0.25, 0.3) is 10.9 Å². The predicted octanol–water partition coefficient (Wildman–Crippen LogP) is 3.10. The van der Waals surface area contributed by atoms with Gasteiger partial charge in [0.15, 0.2) is 0 Å². The van der Waals surface area contributed by atoms with Crippen molar-refractivity contribution in [3.05, 3.63) is 64.5 Å². The van der Waals surface area contributed by atoms with Crippen molar-refractivity contribution in [2.45, 2.75) is 0 Å². The van der Waals surface area contributed by atoms with E-state index in [1.165, 1.54) is 24.0 Å². The van der Waals surface area contributed by atoms with Gasteiger partial charge in [-0.3, -0.25) is 10.1 Å². The van der Waals surface area contributed by atoms with Crippen molar-refractivity contribution >= 4 is 34.2 Å². The second-order valence-corrected chi connectivity index (χ2v) is 4.96. The first-order chi connectivity index (χ1) is 10.1. The summed E-state index contributed by atoms with van der Waals surface area (Å²) in [6, 6.07) is 6.60. The highest BCUT2D eigenvalue weighted by Gasteiger charge is 2.15. The van der Waals surface area contributed by atoms with Crippen LogP contribution in [0.1, 0.15) is 0 Å². The molecule has 0 saturated heterocycles. The van der Waals surface area contributed by atoms with Crippen molar-refractivity contribution in [3.63, 3.8) is 0 Å². The molecule has 2 N–H and O–H groups in total. The summed E-state index contributed by atoms with van der Waals surface area (Å²) in [5.74, 6) is 0.548. The molecule has 1 heterocycles. The van der Waals surface area contributed by atoms with Crippen LogP contribution in [0.3, 0.4) is 0 Å². The lowest BCUT2D eigenvalue weighted by molar-refractivity contribution is -0.383. The van der Waals surface area contributed by atoms with E-state index < -0.39 is 4.92 Å². The van der Waals surface area contributed by atoms with Crippen molar-refractivity contribution < 1.29 is 4.92 Å². The normalized spacial score (nSPS) is 12.1. The Morgan fingerprint density at radius 1 is 1.52 bits per heavy atom. The molecule has 0 aliphatic rings. The molecule has 0 saturated carbocycles. The van der Waals surface area contributed by atoms with Crippen molar-refractivity contribution in [1.82, 2.24) is 4.57 Å². The number of thioether (sulfide) groups is 1. The Bertz CT molecular complexity index is 761. The SMILES string of the molecule is C=C(N=C(/C=C\N)n1ccc2c([N+](=O)[O-])cccc21)SC. The van der Waals surface area contributed by atoms with Crippen molar-refractivity contribution in [3.8, 4) is 0 Å². The molecule has 0 unspecified atom stereocenters. The van der Waals surface area contributed by atoms with Gasteiger partial charge in [-0.05, 0) is 30.7 Å². The number of non-ortho nitro benzene ring substituents is 1. The first-order valence-corrected chi connectivity index (χ1v) is 7.25. The largest absolute Gasteiger partial charge is 0.404 e. The maximum Gasteiger partial charge on any atom is 0.278 e. The maximum atomic E-state index is 11.1. The van der Waals surface area contributed by atoms with Crippen LogP contribution in [-0.2, 0) is 0 Å². The minimum absolute atomic E-state index is 0.0611. The monoisotopic (exact) mass is 302 g/mol. The second kappa shape index (κ2) is 6.27. The quantitative estimate of drug-likeness (QED) is 0.407. The molecule has 1 aromatic carbocycles. The third-order valence-corrected chi connectivity index (χ3v) is 3.44. The lowest BCUT2D eigenvalue weighted by atomic mass is 10.2. The van der Waals surface area contributed by atoms with Gasteiger partial charge in [-0.25, -0.2) is 4.99 Å². The van der Waals surface area contributed by atoms with Crippen LogP contribution in [-0.4, -0.2) is 21.6 Å². The molecular formula is C14H14N4O2S. The molecule has 0 bridgehead atoms. The molecule has 7 heteroatoms. The van der Waals surface area contributed by atoms with Gasteiger partial charge in [-0.2, -0.15) is 0 Å². The number of hydrogen-bond acceptors (Lipinski definition) is 5. The summed E-state index contributed by atoms with van der Waals surface area (Å²) >= 11 is 1.41. The van der Waals surface area contributed by atoms with E-state index in [2.05, 4.69) is 11.6 Å². The fraction of sp³-hybridized carbons (Fsp3) is 0.0714. The molecule has 0 radical (unpaired) electrons. The molecule has 0 amide bonds. The highest BCUT2D eigenvalue weighted by atomic mass is 32.2. The Morgan fingerprint density at radius 2 is 2.29 bits per heavy atom. The zero-order valence-corrected chi connectivity index (χ0v) is 12.2. The summed E-state index contributed by atoms with van der Waals surface area (Å²) in [6.07, 6.45) is 6.59. The number of hydrogen-bond donors (Lipinski definition) is 1. The van der Waals surface area contributed by atoms with Crippen LogP contribution in [0.5, 0.6) is 0 Å². The molecule has 1 aromatic heterocycles. The highest BCUT2D eigenvalue weighted by Crippen LogP contribution is 2.26. The Kier molecular flexibility index (Phi) is 4.44. The van der Waals surface area contributed by atoms with E-state index in [1.807, 2.05) is 6.26 Å². The van der Waals surface area contributed by atoms with Gasteiger partial charge in [0.25, 0.3) is 5.69 Å². The second-order valence-electron chi connectivity index (χ2n) is 4.08. The van der Waals surface area contributed by atoms with E-state index in [-0.39, 0.29) is 5.69 Å².